The largest absolute Gasteiger partial charge is 0.490 e. The van der Waals surface area contributed by atoms with E-state index in [1.54, 1.807) is 18.5 Å². The fourth-order valence-corrected chi connectivity index (χ4v) is 4.14. The summed E-state index contributed by atoms with van der Waals surface area (Å²) in [6.45, 7) is 7.88. The summed E-state index contributed by atoms with van der Waals surface area (Å²) in [6.07, 6.45) is 5.86. The summed E-state index contributed by atoms with van der Waals surface area (Å²) in [5, 5.41) is 6.43. The first-order valence-corrected chi connectivity index (χ1v) is 12.2. The Kier molecular flexibility index (Phi) is 8.45. The van der Waals surface area contributed by atoms with Gasteiger partial charge in [0.25, 0.3) is 0 Å². The van der Waals surface area contributed by atoms with Crippen molar-refractivity contribution in [3.05, 3.63) is 76.6 Å². The van der Waals surface area contributed by atoms with Crippen LogP contribution in [0.15, 0.2) is 54.9 Å². The second kappa shape index (κ2) is 11.9. The maximum atomic E-state index is 12.7. The monoisotopic (exact) mass is 494 g/mol. The maximum Gasteiger partial charge on any atom is 0.319 e. The molecule has 2 amide bonds. The van der Waals surface area contributed by atoms with Crippen molar-refractivity contribution in [2.45, 2.75) is 33.2 Å². The Hall–Kier alpha value is -3.29. The van der Waals surface area contributed by atoms with Gasteiger partial charge in [0.05, 0.1) is 5.69 Å². The van der Waals surface area contributed by atoms with Gasteiger partial charge in [-0.1, -0.05) is 23.7 Å². The number of rotatable bonds is 9. The molecule has 1 aromatic heterocycles. The van der Waals surface area contributed by atoms with Gasteiger partial charge in [-0.3, -0.25) is 9.88 Å². The smallest absolute Gasteiger partial charge is 0.319 e. The van der Waals surface area contributed by atoms with E-state index in [1.165, 1.54) is 12.8 Å². The van der Waals surface area contributed by atoms with E-state index in [0.717, 1.165) is 47.8 Å². The highest BCUT2D eigenvalue weighted by Gasteiger charge is 2.14. The average Bonchev–Trinajstić information content (AvgIpc) is 3.36. The molecule has 35 heavy (non-hydrogen) atoms. The number of hydrogen-bond donors (Lipinski definition) is 2. The van der Waals surface area contributed by atoms with Gasteiger partial charge in [0.1, 0.15) is 23.9 Å². The molecule has 0 bridgehead atoms. The van der Waals surface area contributed by atoms with Crippen LogP contribution in [0.4, 0.5) is 10.5 Å². The van der Waals surface area contributed by atoms with Gasteiger partial charge in [-0.25, -0.2) is 4.79 Å². The summed E-state index contributed by atoms with van der Waals surface area (Å²) in [5.74, 6) is 2.06. The Labute approximate surface area is 211 Å². The minimum Gasteiger partial charge on any atom is -0.490 e. The first-order chi connectivity index (χ1) is 17.0. The number of hydrogen-bond acceptors (Lipinski definition) is 5. The maximum absolute atomic E-state index is 12.7. The molecule has 1 fully saturated rings. The van der Waals surface area contributed by atoms with Gasteiger partial charge >= 0.3 is 6.03 Å². The number of aromatic nitrogens is 1. The molecule has 0 atom stereocenters. The van der Waals surface area contributed by atoms with Crippen molar-refractivity contribution in [2.24, 2.45) is 0 Å². The third kappa shape index (κ3) is 7.10. The molecule has 0 unspecified atom stereocenters. The molecule has 1 aliphatic rings. The van der Waals surface area contributed by atoms with Gasteiger partial charge in [-0.2, -0.15) is 0 Å². The molecule has 8 heteroatoms. The molecule has 2 N–H and O–H groups in total. The minimum atomic E-state index is -0.314. The number of urea groups is 1. The number of halogens is 1. The van der Waals surface area contributed by atoms with Crippen molar-refractivity contribution in [2.75, 3.05) is 31.6 Å². The summed E-state index contributed by atoms with van der Waals surface area (Å²) in [6, 6.07) is 12.7. The lowest BCUT2D eigenvalue weighted by Gasteiger charge is -2.18. The van der Waals surface area contributed by atoms with Gasteiger partial charge in [-0.15, -0.1) is 0 Å². The number of nitrogens with zero attached hydrogens (tertiary/aromatic N) is 2. The summed E-state index contributed by atoms with van der Waals surface area (Å²) in [7, 11) is 0. The zero-order valence-corrected chi connectivity index (χ0v) is 20.9. The number of pyridine rings is 1. The van der Waals surface area contributed by atoms with Crippen LogP contribution in [0.1, 0.15) is 29.5 Å². The molecule has 184 valence electrons. The van der Waals surface area contributed by atoms with E-state index in [4.69, 9.17) is 21.1 Å². The second-order valence-electron chi connectivity index (χ2n) is 8.69. The second-order valence-corrected chi connectivity index (χ2v) is 9.09. The molecule has 3 aromatic rings. The van der Waals surface area contributed by atoms with E-state index in [2.05, 4.69) is 20.5 Å². The average molecular weight is 495 g/mol. The van der Waals surface area contributed by atoms with Crippen LogP contribution in [0.5, 0.6) is 17.2 Å². The number of carbonyl (C=O) groups is 1. The first-order valence-electron chi connectivity index (χ1n) is 11.9. The number of amides is 2. The Morgan fingerprint density at radius 1 is 1.03 bits per heavy atom. The Bertz CT molecular complexity index is 1150. The third-order valence-corrected chi connectivity index (χ3v) is 6.35. The number of aryl methyl sites for hydroxylation is 2. The van der Waals surface area contributed by atoms with Gasteiger partial charge in [0.15, 0.2) is 0 Å². The van der Waals surface area contributed by atoms with Crippen molar-refractivity contribution in [3.8, 4) is 17.2 Å². The Morgan fingerprint density at radius 2 is 1.80 bits per heavy atom. The molecule has 0 radical (unpaired) electrons. The lowest BCUT2D eigenvalue weighted by atomic mass is 10.1. The molecule has 2 heterocycles. The van der Waals surface area contributed by atoms with Crippen molar-refractivity contribution in [3.63, 3.8) is 0 Å². The number of likely N-dealkylation sites (tertiary alicyclic amines) is 1. The van der Waals surface area contributed by atoms with E-state index in [0.29, 0.717) is 29.6 Å². The van der Waals surface area contributed by atoms with Crippen LogP contribution >= 0.6 is 11.6 Å². The molecule has 7 nitrogen and oxygen atoms in total. The summed E-state index contributed by atoms with van der Waals surface area (Å²) in [5.41, 5.74) is 3.41. The summed E-state index contributed by atoms with van der Waals surface area (Å²) < 4.78 is 11.9. The van der Waals surface area contributed by atoms with Gasteiger partial charge in [-0.05, 0) is 80.7 Å². The van der Waals surface area contributed by atoms with E-state index >= 15 is 0 Å². The lowest BCUT2D eigenvalue weighted by molar-refractivity contribution is 0.238. The third-order valence-electron chi connectivity index (χ3n) is 5.94. The highest BCUT2D eigenvalue weighted by molar-refractivity contribution is 6.31. The fraction of sp³-hybridized carbons (Fsp3) is 0.333. The number of nitrogens with one attached hydrogen (secondary N) is 2. The minimum absolute atomic E-state index is 0.314. The number of carbonyl (C=O) groups excluding carboxylic acids is 1. The standard InChI is InChI=1S/C27H31ClN4O3/c1-19-16-24(26(17-23(19)28)34-14-13-32-11-3-4-12-32)31-27(33)30-18-21-5-6-25(20(2)15-21)35-22-7-9-29-10-8-22/h5-10,15-17H,3-4,11-14,18H2,1-2H3,(H2,30,31,33). The molecular weight excluding hydrogens is 464 g/mol. The Balaban J connectivity index is 1.33. The van der Waals surface area contributed by atoms with Crippen LogP contribution < -0.4 is 20.1 Å². The van der Waals surface area contributed by atoms with Crippen molar-refractivity contribution >= 4 is 23.3 Å². The van der Waals surface area contributed by atoms with E-state index < -0.39 is 0 Å². The topological polar surface area (TPSA) is 75.7 Å². The van der Waals surface area contributed by atoms with Gasteiger partial charge in [0, 0.05) is 36.6 Å². The zero-order valence-electron chi connectivity index (χ0n) is 20.1. The van der Waals surface area contributed by atoms with E-state index in [9.17, 15) is 4.79 Å². The summed E-state index contributed by atoms with van der Waals surface area (Å²) >= 11 is 6.32. The van der Waals surface area contributed by atoms with Gasteiger partial charge < -0.3 is 20.1 Å². The van der Waals surface area contributed by atoms with Crippen LogP contribution in [0.25, 0.3) is 0 Å². The molecule has 0 saturated carbocycles. The van der Waals surface area contributed by atoms with Crippen LogP contribution in [-0.2, 0) is 6.54 Å². The van der Waals surface area contributed by atoms with Crippen molar-refractivity contribution in [1.29, 1.82) is 0 Å². The molecule has 4 rings (SSSR count). The van der Waals surface area contributed by atoms with Crippen molar-refractivity contribution in [1.82, 2.24) is 15.2 Å². The number of ether oxygens (including phenoxy) is 2. The van der Waals surface area contributed by atoms with Crippen LogP contribution in [0, 0.1) is 13.8 Å². The lowest BCUT2D eigenvalue weighted by Crippen LogP contribution is -2.29. The summed E-state index contributed by atoms with van der Waals surface area (Å²) in [4.78, 5) is 19.0. The molecule has 1 aliphatic heterocycles. The predicted molar refractivity (Wildman–Crippen MR) is 139 cm³/mol. The Morgan fingerprint density at radius 3 is 2.54 bits per heavy atom. The van der Waals surface area contributed by atoms with Crippen molar-refractivity contribution < 1.29 is 14.3 Å². The quantitative estimate of drug-likeness (QED) is 0.385. The molecule has 0 aliphatic carbocycles. The van der Waals surface area contributed by atoms with E-state index in [-0.39, 0.29) is 6.03 Å². The molecule has 2 aromatic carbocycles. The van der Waals surface area contributed by atoms with Gasteiger partial charge in [0.2, 0.25) is 0 Å². The predicted octanol–water partition coefficient (Wildman–Crippen LogP) is 5.94. The molecular formula is C27H31ClN4O3. The highest BCUT2D eigenvalue weighted by Crippen LogP contribution is 2.31. The number of anilines is 1. The fourth-order valence-electron chi connectivity index (χ4n) is 3.99. The normalized spacial score (nSPS) is 13.5. The van der Waals surface area contributed by atoms with Crippen LogP contribution in [0.2, 0.25) is 5.02 Å². The SMILES string of the molecule is Cc1cc(NC(=O)NCc2ccc(Oc3ccncc3)c(C)c2)c(OCCN2CCCC2)cc1Cl. The van der Waals surface area contributed by atoms with E-state index in [1.807, 2.05) is 50.2 Å². The molecule has 0 spiro atoms. The van der Waals surface area contributed by atoms with Crippen LogP contribution in [-0.4, -0.2) is 42.2 Å². The highest BCUT2D eigenvalue weighted by atomic mass is 35.5. The van der Waals surface area contributed by atoms with Crippen LogP contribution in [0.3, 0.4) is 0 Å². The number of benzene rings is 2. The first kappa shape index (κ1) is 24.8. The zero-order chi connectivity index (χ0) is 24.6. The molecule has 1 saturated heterocycles.